The molecule has 3 aliphatic heterocycles. The molecule has 7 rings (SSSR count). The number of aliphatic imine (C=N–C) groups is 1. The van der Waals surface area contributed by atoms with Gasteiger partial charge in [0.2, 0.25) is 6.29 Å². The molecule has 5 heterocycles. The van der Waals surface area contributed by atoms with Gasteiger partial charge in [-0.05, 0) is 37.1 Å². The van der Waals surface area contributed by atoms with E-state index < -0.39 is 42.4 Å². The molecule has 9 nitrogen and oxygen atoms in total. The summed E-state index contributed by atoms with van der Waals surface area (Å²) in [6, 6.07) is 12.6. The van der Waals surface area contributed by atoms with Crippen LogP contribution < -0.4 is 9.75 Å². The maximum Gasteiger partial charge on any atom is 0.282 e. The third kappa shape index (κ3) is 6.01. The largest absolute Gasteiger partial charge is 0.480 e. The minimum atomic E-state index is -3.02. The van der Waals surface area contributed by atoms with Gasteiger partial charge in [0.1, 0.15) is 35.3 Å². The van der Waals surface area contributed by atoms with Crippen LogP contribution >= 0.6 is 11.3 Å². The molecular weight excluding hydrogens is 653 g/mol. The molecule has 0 amide bonds. The molecule has 2 atom stereocenters. The van der Waals surface area contributed by atoms with Gasteiger partial charge >= 0.3 is 0 Å². The molecule has 0 aliphatic carbocycles. The van der Waals surface area contributed by atoms with Crippen molar-refractivity contribution in [3.05, 3.63) is 92.9 Å². The van der Waals surface area contributed by atoms with E-state index in [1.807, 2.05) is 34.7 Å². The second-order valence-corrected chi connectivity index (χ2v) is 12.2. The first-order chi connectivity index (χ1) is 23.3. The number of fused-ring (bicyclic) bond motifs is 1. The van der Waals surface area contributed by atoms with Gasteiger partial charge < -0.3 is 9.57 Å². The van der Waals surface area contributed by atoms with E-state index in [1.165, 1.54) is 23.5 Å². The van der Waals surface area contributed by atoms with Gasteiger partial charge in [0.25, 0.3) is 12.9 Å². The van der Waals surface area contributed by atoms with Crippen LogP contribution in [0.4, 0.5) is 27.6 Å². The third-order valence-electron chi connectivity index (χ3n) is 8.46. The van der Waals surface area contributed by atoms with E-state index in [4.69, 9.17) is 21.0 Å². The monoisotopic (exact) mass is 681 g/mol. The highest BCUT2D eigenvalue weighted by Crippen LogP contribution is 2.40. The van der Waals surface area contributed by atoms with Gasteiger partial charge in [-0.3, -0.25) is 5.01 Å². The number of oxime groups is 1. The SMILES string of the molecule is C#CCOc1cccc(F)c1C1CC(c2csc(C3CCN(N4c5ccccc5C=NC4n4nc(C(F)F)cc4C(F)F)CC3)n2)=NO1. The molecule has 0 spiro atoms. The van der Waals surface area contributed by atoms with Crippen molar-refractivity contribution in [1.82, 2.24) is 19.8 Å². The first kappa shape index (κ1) is 31.8. The highest BCUT2D eigenvalue weighted by molar-refractivity contribution is 7.10. The lowest BCUT2D eigenvalue weighted by molar-refractivity contribution is 0.0804. The van der Waals surface area contributed by atoms with E-state index in [9.17, 15) is 22.0 Å². The number of anilines is 1. The van der Waals surface area contributed by atoms with E-state index in [0.717, 1.165) is 21.3 Å². The van der Waals surface area contributed by atoms with Gasteiger partial charge in [-0.25, -0.2) is 41.6 Å². The number of benzene rings is 2. The van der Waals surface area contributed by atoms with E-state index in [-0.39, 0.29) is 18.1 Å². The average molecular weight is 682 g/mol. The summed E-state index contributed by atoms with van der Waals surface area (Å²) in [5, 5.41) is 14.6. The minimum absolute atomic E-state index is 0.0110. The summed E-state index contributed by atoms with van der Waals surface area (Å²) in [5.41, 5.74) is 1.60. The molecule has 0 saturated carbocycles. The molecule has 15 heteroatoms. The molecular formula is C33H28F5N7O2S. The Hall–Kier alpha value is -4.81. The maximum absolute atomic E-state index is 14.8. The number of alkyl halides is 4. The lowest BCUT2D eigenvalue weighted by Gasteiger charge is -2.45. The highest BCUT2D eigenvalue weighted by atomic mass is 32.1. The predicted octanol–water partition coefficient (Wildman–Crippen LogP) is 7.42. The normalized spacial score (nSPS) is 19.8. The number of para-hydroxylation sites is 1. The fraction of sp³-hybridized carbons (Fsp3) is 0.333. The van der Waals surface area contributed by atoms with Crippen LogP contribution in [0.15, 0.2) is 64.1 Å². The summed E-state index contributed by atoms with van der Waals surface area (Å²) >= 11 is 1.50. The number of rotatable bonds is 9. The minimum Gasteiger partial charge on any atom is -0.480 e. The van der Waals surface area contributed by atoms with Crippen molar-refractivity contribution in [2.75, 3.05) is 24.7 Å². The number of nitrogens with zero attached hydrogens (tertiary/aromatic N) is 7. The Kier molecular flexibility index (Phi) is 8.84. The molecule has 48 heavy (non-hydrogen) atoms. The van der Waals surface area contributed by atoms with Crippen LogP contribution in [0, 0.1) is 18.2 Å². The molecule has 3 aliphatic rings. The van der Waals surface area contributed by atoms with Crippen molar-refractivity contribution >= 4 is 29.0 Å². The standard InChI is InChI=1S/C33H28F5N7O2S/c1-2-14-46-27-9-5-7-21(34)29(27)28-16-22(42-47-28)24-18-48-32(40-24)19-10-12-43(13-11-19)45-25-8-4-3-6-20(25)17-39-33(45)44-26(31(37)38)15-23(41-44)30(35)36/h1,3-9,15,17-19,28,30-31,33H,10-14,16H2. The van der Waals surface area contributed by atoms with E-state index in [1.54, 1.807) is 17.3 Å². The Labute approximate surface area is 276 Å². The van der Waals surface area contributed by atoms with Gasteiger partial charge in [-0.2, -0.15) is 5.10 Å². The summed E-state index contributed by atoms with van der Waals surface area (Å²) in [7, 11) is 0. The van der Waals surface area contributed by atoms with Crippen molar-refractivity contribution < 1.29 is 31.5 Å². The first-order valence-corrected chi connectivity index (χ1v) is 16.1. The molecule has 2 aromatic carbocycles. The molecule has 2 unspecified atom stereocenters. The van der Waals surface area contributed by atoms with Gasteiger partial charge in [0.15, 0.2) is 6.10 Å². The van der Waals surface area contributed by atoms with Crippen molar-refractivity contribution in [3.63, 3.8) is 0 Å². The topological polar surface area (TPSA) is 80.4 Å². The predicted molar refractivity (Wildman–Crippen MR) is 169 cm³/mol. The highest BCUT2D eigenvalue weighted by Gasteiger charge is 2.37. The number of halogens is 5. The van der Waals surface area contributed by atoms with Crippen LogP contribution in [-0.2, 0) is 4.84 Å². The van der Waals surface area contributed by atoms with Crippen LogP contribution in [0.3, 0.4) is 0 Å². The molecule has 4 aromatic rings. The molecule has 0 bridgehead atoms. The van der Waals surface area contributed by atoms with Crippen LogP contribution in [0.5, 0.6) is 5.75 Å². The summed E-state index contributed by atoms with van der Waals surface area (Å²) < 4.78 is 76.3. The fourth-order valence-electron chi connectivity index (χ4n) is 6.18. The van der Waals surface area contributed by atoms with Crippen LogP contribution in [0.25, 0.3) is 0 Å². The number of thiazole rings is 1. The zero-order valence-corrected chi connectivity index (χ0v) is 26.0. The van der Waals surface area contributed by atoms with Crippen molar-refractivity contribution in [2.24, 2.45) is 10.1 Å². The summed E-state index contributed by atoms with van der Waals surface area (Å²) in [6.45, 7) is 1.03. The zero-order chi connectivity index (χ0) is 33.4. The smallest absolute Gasteiger partial charge is 0.282 e. The number of hydrazine groups is 1. The average Bonchev–Trinajstić information content (AvgIpc) is 3.87. The second-order valence-electron chi connectivity index (χ2n) is 11.3. The maximum atomic E-state index is 14.8. The zero-order valence-electron chi connectivity index (χ0n) is 25.2. The Morgan fingerprint density at radius 2 is 1.88 bits per heavy atom. The fourth-order valence-corrected chi connectivity index (χ4v) is 7.18. The van der Waals surface area contributed by atoms with Crippen molar-refractivity contribution in [2.45, 2.75) is 50.4 Å². The second kappa shape index (κ2) is 13.4. The number of aromatic nitrogens is 3. The number of hydrogen-bond donors (Lipinski definition) is 0. The summed E-state index contributed by atoms with van der Waals surface area (Å²) in [5.74, 6) is 2.30. The van der Waals surface area contributed by atoms with Crippen molar-refractivity contribution in [1.29, 1.82) is 0 Å². The lowest BCUT2D eigenvalue weighted by Crippen LogP contribution is -2.51. The van der Waals surface area contributed by atoms with Crippen LogP contribution in [0.2, 0.25) is 0 Å². The Morgan fingerprint density at radius 1 is 1.06 bits per heavy atom. The number of hydrogen-bond acceptors (Lipinski definition) is 9. The molecule has 2 aromatic heterocycles. The third-order valence-corrected chi connectivity index (χ3v) is 9.46. The van der Waals surface area contributed by atoms with Gasteiger partial charge in [0.05, 0.1) is 22.0 Å². The van der Waals surface area contributed by atoms with Gasteiger partial charge in [0, 0.05) is 42.6 Å². The number of piperidine rings is 1. The van der Waals surface area contributed by atoms with Crippen LogP contribution in [-0.4, -0.2) is 51.4 Å². The van der Waals surface area contributed by atoms with E-state index >= 15 is 0 Å². The van der Waals surface area contributed by atoms with E-state index in [2.05, 4.69) is 21.2 Å². The lowest BCUT2D eigenvalue weighted by atomic mass is 9.98. The number of ether oxygens (including phenoxy) is 1. The first-order valence-electron chi connectivity index (χ1n) is 15.2. The Balaban J connectivity index is 1.07. The summed E-state index contributed by atoms with van der Waals surface area (Å²) in [6.07, 6.45) is 0.691. The van der Waals surface area contributed by atoms with Crippen molar-refractivity contribution in [3.8, 4) is 18.1 Å². The Bertz CT molecular complexity index is 1900. The Morgan fingerprint density at radius 3 is 2.65 bits per heavy atom. The number of terminal acetylenes is 1. The summed E-state index contributed by atoms with van der Waals surface area (Å²) in [4.78, 5) is 15.0. The van der Waals surface area contributed by atoms with Crippen LogP contribution in [0.1, 0.15) is 83.6 Å². The molecule has 248 valence electrons. The molecule has 0 radical (unpaired) electrons. The van der Waals surface area contributed by atoms with Gasteiger partial charge in [-0.15, -0.1) is 17.8 Å². The van der Waals surface area contributed by atoms with E-state index in [0.29, 0.717) is 55.2 Å². The quantitative estimate of drug-likeness (QED) is 0.135. The molecule has 1 fully saturated rings. The van der Waals surface area contributed by atoms with Gasteiger partial charge in [-0.1, -0.05) is 35.3 Å². The molecule has 1 saturated heterocycles. The molecule has 0 N–H and O–H groups in total.